The Morgan fingerprint density at radius 3 is 2.17 bits per heavy atom. The molecular formula is C20H26N2O2. The van der Waals surface area contributed by atoms with Gasteiger partial charge in [0.05, 0.1) is 12.5 Å². The number of methoxy groups -OCH3 is 1. The molecule has 4 nitrogen and oxygen atoms in total. The van der Waals surface area contributed by atoms with Crippen LogP contribution in [0.2, 0.25) is 0 Å². The van der Waals surface area contributed by atoms with Crippen molar-refractivity contribution in [3.63, 3.8) is 0 Å². The third-order valence-corrected chi connectivity index (χ3v) is 4.08. The van der Waals surface area contributed by atoms with Crippen LogP contribution in [0.5, 0.6) is 0 Å². The van der Waals surface area contributed by atoms with Crippen molar-refractivity contribution in [1.82, 2.24) is 4.90 Å². The van der Waals surface area contributed by atoms with Gasteiger partial charge in [-0.05, 0) is 17.5 Å². The van der Waals surface area contributed by atoms with Crippen LogP contribution in [0.15, 0.2) is 60.7 Å². The van der Waals surface area contributed by atoms with E-state index in [1.54, 1.807) is 7.11 Å². The van der Waals surface area contributed by atoms with Crippen LogP contribution in [-0.4, -0.2) is 37.1 Å². The van der Waals surface area contributed by atoms with Crippen molar-refractivity contribution < 1.29 is 9.53 Å². The maximum absolute atomic E-state index is 12.7. The molecule has 2 aromatic rings. The van der Waals surface area contributed by atoms with Crippen LogP contribution in [0.4, 0.5) is 0 Å². The van der Waals surface area contributed by atoms with E-state index in [-0.39, 0.29) is 12.0 Å². The number of carbonyl (C=O) groups excluding carboxylic acids is 1. The number of ether oxygens (including phenoxy) is 1. The Labute approximate surface area is 144 Å². The average Bonchev–Trinajstić information content (AvgIpc) is 2.64. The van der Waals surface area contributed by atoms with Crippen molar-refractivity contribution in [3.8, 4) is 0 Å². The highest BCUT2D eigenvalue weighted by Crippen LogP contribution is 2.10. The van der Waals surface area contributed by atoms with Gasteiger partial charge in [0.15, 0.2) is 0 Å². The molecule has 0 bridgehead atoms. The summed E-state index contributed by atoms with van der Waals surface area (Å²) in [5.74, 6) is 0.0760. The van der Waals surface area contributed by atoms with Crippen LogP contribution in [0, 0.1) is 0 Å². The number of nitrogens with two attached hydrogens (primary N) is 1. The predicted octanol–water partition coefficient (Wildman–Crippen LogP) is 2.62. The normalized spacial score (nSPS) is 11.9. The summed E-state index contributed by atoms with van der Waals surface area (Å²) >= 11 is 0. The van der Waals surface area contributed by atoms with Gasteiger partial charge in [-0.1, -0.05) is 60.7 Å². The molecule has 1 amide bonds. The molecule has 0 spiro atoms. The largest absolute Gasteiger partial charge is 0.380 e. The molecule has 24 heavy (non-hydrogen) atoms. The molecule has 128 valence electrons. The van der Waals surface area contributed by atoms with Gasteiger partial charge >= 0.3 is 0 Å². The average molecular weight is 326 g/mol. The second-order valence-corrected chi connectivity index (χ2v) is 5.83. The zero-order valence-electron chi connectivity index (χ0n) is 14.2. The highest BCUT2D eigenvalue weighted by Gasteiger charge is 2.18. The van der Waals surface area contributed by atoms with E-state index in [9.17, 15) is 4.79 Å². The molecule has 2 N–H and O–H groups in total. The molecule has 0 aliphatic carbocycles. The van der Waals surface area contributed by atoms with Gasteiger partial charge in [-0.25, -0.2) is 0 Å². The molecule has 0 aliphatic heterocycles. The summed E-state index contributed by atoms with van der Waals surface area (Å²) in [7, 11) is 1.59. The van der Waals surface area contributed by atoms with E-state index in [1.165, 1.54) is 5.56 Å². The fraction of sp³-hybridized carbons (Fsp3) is 0.350. The van der Waals surface area contributed by atoms with Gasteiger partial charge in [0, 0.05) is 26.7 Å². The van der Waals surface area contributed by atoms with Gasteiger partial charge in [0.2, 0.25) is 5.91 Å². The molecule has 0 aliphatic rings. The van der Waals surface area contributed by atoms with Crippen molar-refractivity contribution in [3.05, 3.63) is 71.8 Å². The molecule has 0 heterocycles. The van der Waals surface area contributed by atoms with Gasteiger partial charge in [0.1, 0.15) is 0 Å². The molecule has 0 saturated carbocycles. The van der Waals surface area contributed by atoms with E-state index in [0.29, 0.717) is 26.1 Å². The number of hydrogen-bond acceptors (Lipinski definition) is 3. The van der Waals surface area contributed by atoms with Gasteiger partial charge in [-0.3, -0.25) is 4.79 Å². The highest BCUT2D eigenvalue weighted by molar-refractivity contribution is 5.76. The zero-order chi connectivity index (χ0) is 17.2. The van der Waals surface area contributed by atoms with Crippen LogP contribution in [0.1, 0.15) is 17.5 Å². The SMILES string of the molecule is COC(CN)CC(=O)N(CCc1ccccc1)Cc1ccccc1. The van der Waals surface area contributed by atoms with Gasteiger partial charge in [-0.15, -0.1) is 0 Å². The topological polar surface area (TPSA) is 55.6 Å². The minimum Gasteiger partial charge on any atom is -0.380 e. The van der Waals surface area contributed by atoms with Crippen LogP contribution in [0.3, 0.4) is 0 Å². The number of amides is 1. The van der Waals surface area contributed by atoms with Gasteiger partial charge in [-0.2, -0.15) is 0 Å². The van der Waals surface area contributed by atoms with Crippen LogP contribution in [-0.2, 0) is 22.5 Å². The van der Waals surface area contributed by atoms with Crippen molar-refractivity contribution in [1.29, 1.82) is 0 Å². The van der Waals surface area contributed by atoms with E-state index < -0.39 is 0 Å². The second-order valence-electron chi connectivity index (χ2n) is 5.83. The lowest BCUT2D eigenvalue weighted by Gasteiger charge is -2.25. The first-order valence-corrected chi connectivity index (χ1v) is 8.31. The summed E-state index contributed by atoms with van der Waals surface area (Å²) in [6.07, 6.45) is 0.918. The van der Waals surface area contributed by atoms with E-state index in [4.69, 9.17) is 10.5 Å². The Kier molecular flexibility index (Phi) is 7.46. The monoisotopic (exact) mass is 326 g/mol. The Bertz CT molecular complexity index is 598. The van der Waals surface area contributed by atoms with Crippen molar-refractivity contribution in [2.24, 2.45) is 5.73 Å². The smallest absolute Gasteiger partial charge is 0.225 e. The number of nitrogens with zero attached hydrogens (tertiary/aromatic N) is 1. The Morgan fingerprint density at radius 2 is 1.62 bits per heavy atom. The molecule has 4 heteroatoms. The summed E-state index contributed by atoms with van der Waals surface area (Å²) in [5.41, 5.74) is 8.01. The first-order chi connectivity index (χ1) is 11.7. The lowest BCUT2D eigenvalue weighted by molar-refractivity contribution is -0.134. The number of rotatable bonds is 9. The number of carbonyl (C=O) groups is 1. The highest BCUT2D eigenvalue weighted by atomic mass is 16.5. The van der Waals surface area contributed by atoms with Crippen molar-refractivity contribution in [2.45, 2.75) is 25.5 Å². The van der Waals surface area contributed by atoms with E-state index in [1.807, 2.05) is 53.4 Å². The van der Waals surface area contributed by atoms with Crippen LogP contribution in [0.25, 0.3) is 0 Å². The maximum atomic E-state index is 12.7. The molecule has 2 rings (SSSR count). The van der Waals surface area contributed by atoms with Crippen molar-refractivity contribution in [2.75, 3.05) is 20.2 Å². The zero-order valence-corrected chi connectivity index (χ0v) is 14.2. The Hall–Kier alpha value is -2.17. The third kappa shape index (κ3) is 5.80. The predicted molar refractivity (Wildman–Crippen MR) is 96.5 cm³/mol. The molecule has 2 aromatic carbocycles. The summed E-state index contributed by atoms with van der Waals surface area (Å²) < 4.78 is 5.26. The van der Waals surface area contributed by atoms with Gasteiger partial charge in [0.25, 0.3) is 0 Å². The fourth-order valence-electron chi connectivity index (χ4n) is 2.59. The van der Waals surface area contributed by atoms with E-state index >= 15 is 0 Å². The minimum absolute atomic E-state index is 0.0760. The number of benzene rings is 2. The first-order valence-electron chi connectivity index (χ1n) is 8.31. The Balaban J connectivity index is 2.03. The minimum atomic E-state index is -0.229. The van der Waals surface area contributed by atoms with Gasteiger partial charge < -0.3 is 15.4 Å². The summed E-state index contributed by atoms with van der Waals surface area (Å²) in [4.78, 5) is 14.6. The second kappa shape index (κ2) is 9.85. The standard InChI is InChI=1S/C20H26N2O2/c1-24-19(15-21)14-20(23)22(16-18-10-6-3-7-11-18)13-12-17-8-4-2-5-9-17/h2-11,19H,12-16,21H2,1H3. The lowest BCUT2D eigenvalue weighted by atomic mass is 10.1. The summed E-state index contributed by atoms with van der Waals surface area (Å²) in [5, 5.41) is 0. The molecule has 1 atom stereocenters. The van der Waals surface area contributed by atoms with Crippen LogP contribution < -0.4 is 5.73 Å². The quantitative estimate of drug-likeness (QED) is 0.771. The Morgan fingerprint density at radius 1 is 1.04 bits per heavy atom. The first kappa shape index (κ1) is 18.2. The molecule has 0 fully saturated rings. The maximum Gasteiger partial charge on any atom is 0.225 e. The molecule has 1 unspecified atom stereocenters. The molecular weight excluding hydrogens is 300 g/mol. The van der Waals surface area contributed by atoms with Crippen LogP contribution >= 0.6 is 0 Å². The van der Waals surface area contributed by atoms with E-state index in [2.05, 4.69) is 12.1 Å². The third-order valence-electron chi connectivity index (χ3n) is 4.08. The van der Waals surface area contributed by atoms with E-state index in [0.717, 1.165) is 12.0 Å². The van der Waals surface area contributed by atoms with Crippen molar-refractivity contribution >= 4 is 5.91 Å². The number of hydrogen-bond donors (Lipinski definition) is 1. The fourth-order valence-corrected chi connectivity index (χ4v) is 2.59. The summed E-state index contributed by atoms with van der Waals surface area (Å²) in [6, 6.07) is 20.3. The lowest BCUT2D eigenvalue weighted by Crippen LogP contribution is -2.37. The molecule has 0 saturated heterocycles. The summed E-state index contributed by atoms with van der Waals surface area (Å²) in [6.45, 7) is 1.63. The molecule has 0 aromatic heterocycles. The molecule has 0 radical (unpaired) electrons.